The highest BCUT2D eigenvalue weighted by Crippen LogP contribution is 2.16. The van der Waals surface area contributed by atoms with Crippen LogP contribution in [0.2, 0.25) is 0 Å². The number of aliphatic hydroxyl groups is 1. The first-order chi connectivity index (χ1) is 4.43. The summed E-state index contributed by atoms with van der Waals surface area (Å²) in [6, 6.07) is 0.601. The third kappa shape index (κ3) is 3.15. The molecule has 0 aromatic heterocycles. The molecule has 0 radical (unpaired) electrons. The summed E-state index contributed by atoms with van der Waals surface area (Å²) >= 11 is 0. The Labute approximate surface area is 61.7 Å². The second kappa shape index (κ2) is 5.65. The highest BCUT2D eigenvalue weighted by Gasteiger charge is 2.10. The minimum absolute atomic E-state index is 0. The molecule has 1 saturated carbocycles. The van der Waals surface area contributed by atoms with Crippen molar-refractivity contribution in [2.75, 3.05) is 6.73 Å². The zero-order valence-electron chi connectivity index (χ0n) is 6.27. The van der Waals surface area contributed by atoms with E-state index in [9.17, 15) is 0 Å². The standard InChI is InChI=1S/C7H15NO.H2O/c9-6-8-7-4-2-1-3-5-7;/h7-9H,1-6H2;1H2. The maximum absolute atomic E-state index is 8.51. The second-order valence-corrected chi connectivity index (χ2v) is 2.70. The normalized spacial score (nSPS) is 20.1. The Morgan fingerprint density at radius 2 is 1.80 bits per heavy atom. The van der Waals surface area contributed by atoms with E-state index in [2.05, 4.69) is 5.32 Å². The summed E-state index contributed by atoms with van der Waals surface area (Å²) in [7, 11) is 0. The van der Waals surface area contributed by atoms with Crippen molar-refractivity contribution >= 4 is 0 Å². The van der Waals surface area contributed by atoms with Gasteiger partial charge in [-0.15, -0.1) is 0 Å². The summed E-state index contributed by atoms with van der Waals surface area (Å²) in [5.41, 5.74) is 0. The highest BCUT2D eigenvalue weighted by atomic mass is 16.3. The van der Waals surface area contributed by atoms with Gasteiger partial charge in [0.2, 0.25) is 0 Å². The van der Waals surface area contributed by atoms with E-state index in [1.54, 1.807) is 0 Å². The van der Waals surface area contributed by atoms with E-state index < -0.39 is 0 Å². The van der Waals surface area contributed by atoms with Crippen LogP contribution in [-0.4, -0.2) is 23.4 Å². The van der Waals surface area contributed by atoms with Gasteiger partial charge in [0.15, 0.2) is 0 Å². The molecule has 4 N–H and O–H groups in total. The van der Waals surface area contributed by atoms with Gasteiger partial charge in [-0.3, -0.25) is 5.32 Å². The van der Waals surface area contributed by atoms with E-state index in [0.29, 0.717) is 6.04 Å². The first-order valence-corrected chi connectivity index (χ1v) is 3.77. The fourth-order valence-corrected chi connectivity index (χ4v) is 1.44. The fourth-order valence-electron chi connectivity index (χ4n) is 1.44. The average Bonchev–Trinajstić information content (AvgIpc) is 1.91. The Morgan fingerprint density at radius 3 is 2.30 bits per heavy atom. The molecule has 0 saturated heterocycles. The van der Waals surface area contributed by atoms with Crippen molar-refractivity contribution in [3.8, 4) is 0 Å². The Hall–Kier alpha value is -0.120. The minimum Gasteiger partial charge on any atom is -0.412 e. The Morgan fingerprint density at radius 1 is 1.20 bits per heavy atom. The van der Waals surface area contributed by atoms with Crippen LogP contribution >= 0.6 is 0 Å². The molecule has 1 fully saturated rings. The highest BCUT2D eigenvalue weighted by molar-refractivity contribution is 4.69. The van der Waals surface area contributed by atoms with Gasteiger partial charge >= 0.3 is 0 Å². The van der Waals surface area contributed by atoms with Gasteiger partial charge in [-0.25, -0.2) is 0 Å². The summed E-state index contributed by atoms with van der Waals surface area (Å²) in [6.45, 7) is 0.144. The monoisotopic (exact) mass is 147 g/mol. The summed E-state index contributed by atoms with van der Waals surface area (Å²) in [4.78, 5) is 0. The first kappa shape index (κ1) is 9.88. The average molecular weight is 147 g/mol. The molecule has 0 spiro atoms. The molecule has 0 heterocycles. The molecule has 3 heteroatoms. The summed E-state index contributed by atoms with van der Waals surface area (Å²) < 4.78 is 0. The van der Waals surface area contributed by atoms with E-state index >= 15 is 0 Å². The smallest absolute Gasteiger partial charge is 0.0933 e. The molecule has 0 unspecified atom stereocenters. The quantitative estimate of drug-likeness (QED) is 0.541. The van der Waals surface area contributed by atoms with Crippen LogP contribution in [-0.2, 0) is 0 Å². The van der Waals surface area contributed by atoms with Crippen LogP contribution in [0.1, 0.15) is 32.1 Å². The van der Waals surface area contributed by atoms with Crippen LogP contribution in [0.5, 0.6) is 0 Å². The van der Waals surface area contributed by atoms with Gasteiger partial charge < -0.3 is 10.6 Å². The third-order valence-corrected chi connectivity index (χ3v) is 1.99. The molecule has 3 nitrogen and oxygen atoms in total. The SMILES string of the molecule is O.OCNC1CCCCC1. The molecule has 0 amide bonds. The predicted octanol–water partition coefficient (Wildman–Crippen LogP) is 0.0338. The minimum atomic E-state index is 0. The second-order valence-electron chi connectivity index (χ2n) is 2.70. The van der Waals surface area contributed by atoms with Crippen LogP contribution in [0.15, 0.2) is 0 Å². The number of hydrogen-bond donors (Lipinski definition) is 2. The largest absolute Gasteiger partial charge is 0.412 e. The molecule has 1 aliphatic rings. The molecule has 0 aromatic carbocycles. The molecule has 1 aliphatic carbocycles. The van der Waals surface area contributed by atoms with Gasteiger partial charge in [0.05, 0.1) is 6.73 Å². The van der Waals surface area contributed by atoms with Crippen molar-refractivity contribution in [1.82, 2.24) is 5.32 Å². The fraction of sp³-hybridized carbons (Fsp3) is 1.00. The molecular formula is C7H17NO2. The van der Waals surface area contributed by atoms with Crippen molar-refractivity contribution < 1.29 is 10.6 Å². The Bertz CT molecular complexity index is 69.3. The zero-order chi connectivity index (χ0) is 6.53. The van der Waals surface area contributed by atoms with Gasteiger partial charge in [0.1, 0.15) is 0 Å². The van der Waals surface area contributed by atoms with Crippen LogP contribution in [0, 0.1) is 0 Å². The maximum Gasteiger partial charge on any atom is 0.0933 e. The Balaban J connectivity index is 0.000000810. The van der Waals surface area contributed by atoms with Crippen molar-refractivity contribution in [1.29, 1.82) is 0 Å². The third-order valence-electron chi connectivity index (χ3n) is 1.99. The first-order valence-electron chi connectivity index (χ1n) is 3.77. The predicted molar refractivity (Wildman–Crippen MR) is 40.7 cm³/mol. The molecule has 62 valence electrons. The molecule has 0 aliphatic heterocycles. The van der Waals surface area contributed by atoms with E-state index in [-0.39, 0.29) is 12.2 Å². The molecule has 0 aromatic rings. The maximum atomic E-state index is 8.51. The number of aliphatic hydroxyl groups excluding tert-OH is 1. The Kier molecular flexibility index (Phi) is 5.58. The van der Waals surface area contributed by atoms with Gasteiger partial charge in [-0.1, -0.05) is 19.3 Å². The van der Waals surface area contributed by atoms with Gasteiger partial charge in [0, 0.05) is 6.04 Å². The molecule has 10 heavy (non-hydrogen) atoms. The van der Waals surface area contributed by atoms with Crippen molar-refractivity contribution in [3.63, 3.8) is 0 Å². The van der Waals surface area contributed by atoms with Gasteiger partial charge in [0.25, 0.3) is 0 Å². The van der Waals surface area contributed by atoms with Crippen LogP contribution in [0.25, 0.3) is 0 Å². The van der Waals surface area contributed by atoms with Crippen molar-refractivity contribution in [3.05, 3.63) is 0 Å². The number of hydrogen-bond acceptors (Lipinski definition) is 2. The molecule has 1 rings (SSSR count). The van der Waals surface area contributed by atoms with Gasteiger partial charge in [-0.2, -0.15) is 0 Å². The van der Waals surface area contributed by atoms with E-state index in [0.717, 1.165) is 0 Å². The van der Waals surface area contributed by atoms with E-state index in [1.165, 1.54) is 32.1 Å². The zero-order valence-corrected chi connectivity index (χ0v) is 6.27. The lowest BCUT2D eigenvalue weighted by molar-refractivity contribution is 0.222. The molecule has 0 atom stereocenters. The molecular weight excluding hydrogens is 130 g/mol. The number of nitrogens with one attached hydrogen (secondary N) is 1. The van der Waals surface area contributed by atoms with Crippen LogP contribution in [0.3, 0.4) is 0 Å². The van der Waals surface area contributed by atoms with Gasteiger partial charge in [-0.05, 0) is 12.8 Å². The summed E-state index contributed by atoms with van der Waals surface area (Å²) in [5.74, 6) is 0. The topological polar surface area (TPSA) is 63.8 Å². The summed E-state index contributed by atoms with van der Waals surface area (Å²) in [6.07, 6.45) is 6.54. The van der Waals surface area contributed by atoms with Crippen molar-refractivity contribution in [2.45, 2.75) is 38.1 Å². The van der Waals surface area contributed by atoms with E-state index in [4.69, 9.17) is 5.11 Å². The molecule has 0 bridgehead atoms. The van der Waals surface area contributed by atoms with E-state index in [1.807, 2.05) is 0 Å². The summed E-state index contributed by atoms with van der Waals surface area (Å²) in [5, 5.41) is 11.5. The van der Waals surface area contributed by atoms with Crippen molar-refractivity contribution in [2.24, 2.45) is 0 Å². The lowest BCUT2D eigenvalue weighted by Crippen LogP contribution is -2.31. The lowest BCUT2D eigenvalue weighted by atomic mass is 9.96. The van der Waals surface area contributed by atoms with Crippen LogP contribution in [0.4, 0.5) is 0 Å². The number of rotatable bonds is 2. The van der Waals surface area contributed by atoms with Crippen LogP contribution < -0.4 is 5.32 Å². The lowest BCUT2D eigenvalue weighted by Gasteiger charge is -2.21.